The molecule has 0 saturated carbocycles. The Kier molecular flexibility index (Phi) is 4.88. The van der Waals surface area contributed by atoms with Crippen LogP contribution in [0.2, 0.25) is 0 Å². The number of oxazole rings is 1. The Morgan fingerprint density at radius 1 is 1.12 bits per heavy atom. The molecule has 0 radical (unpaired) electrons. The van der Waals surface area contributed by atoms with E-state index in [1.165, 1.54) is 30.7 Å². The maximum Gasteiger partial charge on any atom is 0.416 e. The van der Waals surface area contributed by atoms with E-state index in [0.717, 1.165) is 17.7 Å². The molecule has 4 nitrogen and oxygen atoms in total. The zero-order chi connectivity index (χ0) is 18.6. The minimum absolute atomic E-state index is 0.288. The number of rotatable bonds is 4. The van der Waals surface area contributed by atoms with Crippen LogP contribution in [-0.2, 0) is 11.0 Å². The van der Waals surface area contributed by atoms with E-state index in [2.05, 4.69) is 10.3 Å². The summed E-state index contributed by atoms with van der Waals surface area (Å²) in [4.78, 5) is 15.8. The molecule has 0 spiro atoms. The molecule has 0 aliphatic rings. The molecule has 0 fully saturated rings. The van der Waals surface area contributed by atoms with Gasteiger partial charge in [0.2, 0.25) is 5.91 Å². The average Bonchev–Trinajstić information content (AvgIpc) is 3.15. The molecule has 1 heterocycles. The van der Waals surface area contributed by atoms with Crippen LogP contribution in [-0.4, -0.2) is 10.9 Å². The predicted octanol–water partition coefficient (Wildman–Crippen LogP) is 5.01. The molecule has 132 valence electrons. The Labute approximate surface area is 147 Å². The molecule has 7 heteroatoms. The van der Waals surface area contributed by atoms with E-state index in [-0.39, 0.29) is 5.56 Å². The molecule has 1 N–H and O–H groups in total. The lowest BCUT2D eigenvalue weighted by Crippen LogP contribution is -2.07. The summed E-state index contributed by atoms with van der Waals surface area (Å²) in [5.41, 5.74) is 0.880. The fourth-order valence-electron chi connectivity index (χ4n) is 2.25. The van der Waals surface area contributed by atoms with E-state index < -0.39 is 17.6 Å². The van der Waals surface area contributed by atoms with Crippen LogP contribution in [0.15, 0.2) is 71.6 Å². The van der Waals surface area contributed by atoms with Gasteiger partial charge in [-0.25, -0.2) is 4.98 Å². The van der Waals surface area contributed by atoms with Crippen molar-refractivity contribution < 1.29 is 22.4 Å². The van der Waals surface area contributed by atoms with Crippen molar-refractivity contribution in [1.82, 2.24) is 4.98 Å². The van der Waals surface area contributed by atoms with Crippen LogP contribution in [0.4, 0.5) is 18.9 Å². The number of nitrogens with zero attached hydrogens (tertiary/aromatic N) is 1. The first-order valence-corrected chi connectivity index (χ1v) is 7.57. The smallest absolute Gasteiger partial charge is 0.416 e. The number of benzene rings is 2. The van der Waals surface area contributed by atoms with Crippen LogP contribution in [0, 0.1) is 0 Å². The molecule has 3 rings (SSSR count). The zero-order valence-electron chi connectivity index (χ0n) is 13.3. The highest BCUT2D eigenvalue weighted by Crippen LogP contribution is 2.29. The molecule has 2 aromatic carbocycles. The lowest BCUT2D eigenvalue weighted by Gasteiger charge is -2.06. The van der Waals surface area contributed by atoms with E-state index in [1.54, 1.807) is 30.5 Å². The number of carbonyl (C=O) groups is 1. The number of aromatic nitrogens is 1. The molecule has 0 aliphatic heterocycles. The summed E-state index contributed by atoms with van der Waals surface area (Å²) in [6.45, 7) is 0. The van der Waals surface area contributed by atoms with E-state index in [0.29, 0.717) is 11.4 Å². The summed E-state index contributed by atoms with van der Waals surface area (Å²) in [6, 6.07) is 11.6. The topological polar surface area (TPSA) is 55.1 Å². The molecule has 1 aromatic heterocycles. The highest BCUT2D eigenvalue weighted by molar-refractivity contribution is 6.02. The van der Waals surface area contributed by atoms with Crippen LogP contribution in [0.1, 0.15) is 11.1 Å². The number of amides is 1. The standard InChI is InChI=1S/C19H13F3N2O2/c20-19(21,22)15-3-1-2-13(10-15)4-9-18(25)24-16-7-5-14(6-8-16)17-11-23-12-26-17/h1-12H,(H,24,25)/b9-4+. The summed E-state index contributed by atoms with van der Waals surface area (Å²) in [5.74, 6) is 0.155. The maximum absolute atomic E-state index is 12.7. The van der Waals surface area contributed by atoms with Crippen LogP contribution in [0.25, 0.3) is 17.4 Å². The number of carbonyl (C=O) groups excluding carboxylic acids is 1. The highest BCUT2D eigenvalue weighted by atomic mass is 19.4. The number of nitrogens with one attached hydrogen (secondary N) is 1. The second-order valence-corrected chi connectivity index (χ2v) is 5.39. The molecule has 0 unspecified atom stereocenters. The first-order chi connectivity index (χ1) is 12.4. The number of anilines is 1. The Morgan fingerprint density at radius 2 is 1.88 bits per heavy atom. The number of alkyl halides is 3. The molecule has 3 aromatic rings. The lowest BCUT2D eigenvalue weighted by molar-refractivity contribution is -0.137. The third kappa shape index (κ3) is 4.38. The van der Waals surface area contributed by atoms with Gasteiger partial charge < -0.3 is 9.73 Å². The van der Waals surface area contributed by atoms with Crippen LogP contribution in [0.3, 0.4) is 0 Å². The summed E-state index contributed by atoms with van der Waals surface area (Å²) >= 11 is 0. The summed E-state index contributed by atoms with van der Waals surface area (Å²) in [7, 11) is 0. The predicted molar refractivity (Wildman–Crippen MR) is 91.0 cm³/mol. The molecular formula is C19H13F3N2O2. The molecule has 0 atom stereocenters. The van der Waals surface area contributed by atoms with Crippen molar-refractivity contribution in [2.45, 2.75) is 6.18 Å². The largest absolute Gasteiger partial charge is 0.444 e. The van der Waals surface area contributed by atoms with E-state index in [9.17, 15) is 18.0 Å². The van der Waals surface area contributed by atoms with Gasteiger partial charge in [0.05, 0.1) is 11.8 Å². The van der Waals surface area contributed by atoms with Crippen molar-refractivity contribution in [1.29, 1.82) is 0 Å². The van der Waals surface area contributed by atoms with Crippen molar-refractivity contribution in [3.8, 4) is 11.3 Å². The van der Waals surface area contributed by atoms with Crippen LogP contribution in [0.5, 0.6) is 0 Å². The van der Waals surface area contributed by atoms with Crippen molar-refractivity contribution in [2.24, 2.45) is 0 Å². The molecule has 0 bridgehead atoms. The van der Waals surface area contributed by atoms with Crippen LogP contribution < -0.4 is 5.32 Å². The van der Waals surface area contributed by atoms with Crippen LogP contribution >= 0.6 is 0 Å². The Morgan fingerprint density at radius 3 is 2.54 bits per heavy atom. The summed E-state index contributed by atoms with van der Waals surface area (Å²) < 4.78 is 43.2. The maximum atomic E-state index is 12.7. The Bertz CT molecular complexity index is 915. The molecule has 0 saturated heterocycles. The van der Waals surface area contributed by atoms with Crippen molar-refractivity contribution in [3.63, 3.8) is 0 Å². The van der Waals surface area contributed by atoms with Gasteiger partial charge in [0.15, 0.2) is 12.2 Å². The van der Waals surface area contributed by atoms with Gasteiger partial charge in [-0.1, -0.05) is 12.1 Å². The zero-order valence-corrected chi connectivity index (χ0v) is 13.3. The average molecular weight is 358 g/mol. The van der Waals surface area contributed by atoms with Gasteiger partial charge in [0, 0.05) is 17.3 Å². The molecule has 0 aliphatic carbocycles. The minimum atomic E-state index is -4.42. The first kappa shape index (κ1) is 17.5. The van der Waals surface area contributed by atoms with Crippen molar-refractivity contribution >= 4 is 17.7 Å². The quantitative estimate of drug-likeness (QED) is 0.667. The van der Waals surface area contributed by atoms with Gasteiger partial charge in [-0.15, -0.1) is 0 Å². The Balaban J connectivity index is 1.64. The van der Waals surface area contributed by atoms with Gasteiger partial charge in [-0.2, -0.15) is 13.2 Å². The van der Waals surface area contributed by atoms with Gasteiger partial charge >= 0.3 is 6.18 Å². The van der Waals surface area contributed by atoms with Crippen molar-refractivity contribution in [2.75, 3.05) is 5.32 Å². The van der Waals surface area contributed by atoms with Gasteiger partial charge in [0.1, 0.15) is 0 Å². The lowest BCUT2D eigenvalue weighted by atomic mass is 10.1. The van der Waals surface area contributed by atoms with E-state index in [4.69, 9.17) is 4.42 Å². The normalized spacial score (nSPS) is 11.7. The van der Waals surface area contributed by atoms with E-state index in [1.807, 2.05) is 0 Å². The highest BCUT2D eigenvalue weighted by Gasteiger charge is 2.30. The summed E-state index contributed by atoms with van der Waals surface area (Å²) in [6.07, 6.45) is 0.986. The SMILES string of the molecule is O=C(/C=C/c1cccc(C(F)(F)F)c1)Nc1ccc(-c2cnco2)cc1. The second kappa shape index (κ2) is 7.26. The number of hydrogen-bond donors (Lipinski definition) is 1. The van der Waals surface area contributed by atoms with Gasteiger partial charge in [0.25, 0.3) is 0 Å². The summed E-state index contributed by atoms with van der Waals surface area (Å²) in [5, 5.41) is 2.64. The second-order valence-electron chi connectivity index (χ2n) is 5.39. The van der Waals surface area contributed by atoms with Crippen molar-refractivity contribution in [3.05, 3.63) is 78.3 Å². The fourth-order valence-corrected chi connectivity index (χ4v) is 2.25. The molecule has 1 amide bonds. The third-order valence-electron chi connectivity index (χ3n) is 3.51. The monoisotopic (exact) mass is 358 g/mol. The Hall–Kier alpha value is -3.35. The third-order valence-corrected chi connectivity index (χ3v) is 3.51. The fraction of sp³-hybridized carbons (Fsp3) is 0.0526. The first-order valence-electron chi connectivity index (χ1n) is 7.57. The van der Waals surface area contributed by atoms with Gasteiger partial charge in [-0.05, 0) is 48.0 Å². The minimum Gasteiger partial charge on any atom is -0.444 e. The molecular weight excluding hydrogens is 345 g/mol. The van der Waals surface area contributed by atoms with Gasteiger partial charge in [-0.3, -0.25) is 4.79 Å². The number of hydrogen-bond acceptors (Lipinski definition) is 3. The number of halogens is 3. The van der Waals surface area contributed by atoms with E-state index >= 15 is 0 Å². The molecule has 26 heavy (non-hydrogen) atoms.